The van der Waals surface area contributed by atoms with Gasteiger partial charge in [-0.1, -0.05) is 18.2 Å². The molecule has 2 aromatic rings. The molecule has 2 aliphatic heterocycles. The number of carbonyl (C=O) groups excluding carboxylic acids is 1. The van der Waals surface area contributed by atoms with Crippen molar-refractivity contribution in [1.82, 2.24) is 9.80 Å². The van der Waals surface area contributed by atoms with E-state index < -0.39 is 0 Å². The molecule has 2 heterocycles. The lowest BCUT2D eigenvalue weighted by atomic mass is 10.2. The van der Waals surface area contributed by atoms with Gasteiger partial charge in [0.1, 0.15) is 0 Å². The summed E-state index contributed by atoms with van der Waals surface area (Å²) in [6, 6.07) is 18.6. The van der Waals surface area contributed by atoms with Crippen LogP contribution >= 0.6 is 0 Å². The van der Waals surface area contributed by atoms with Crippen molar-refractivity contribution in [2.75, 3.05) is 74.5 Å². The molecule has 0 saturated carbocycles. The van der Waals surface area contributed by atoms with Gasteiger partial charge in [-0.15, -0.1) is 0 Å². The van der Waals surface area contributed by atoms with E-state index in [2.05, 4.69) is 63.5 Å². The van der Waals surface area contributed by atoms with Gasteiger partial charge in [0.15, 0.2) is 0 Å². The highest BCUT2D eigenvalue weighted by molar-refractivity contribution is 5.89. The fraction of sp³-hybridized carbons (Fsp3) is 0.409. The molecule has 1 N–H and O–H groups in total. The van der Waals surface area contributed by atoms with Crippen LogP contribution < -0.4 is 15.1 Å². The second-order valence-electron chi connectivity index (χ2n) is 7.58. The minimum absolute atomic E-state index is 0.0138. The standard InChI is InChI=1S/C22H29N5O/c1-24-11-13-25(14-12-24)21-9-7-19(8-10-21)23-22(28)27-17-15-26(16-18-27)20-5-3-2-4-6-20/h2-10H,11-18H2,1H3,(H,23,28). The molecule has 2 aliphatic rings. The van der Waals surface area contributed by atoms with E-state index in [1.807, 2.05) is 23.1 Å². The van der Waals surface area contributed by atoms with E-state index in [4.69, 9.17) is 0 Å². The highest BCUT2D eigenvalue weighted by Crippen LogP contribution is 2.20. The van der Waals surface area contributed by atoms with Crippen LogP contribution in [0.15, 0.2) is 54.6 Å². The van der Waals surface area contributed by atoms with Crippen LogP contribution in [0.5, 0.6) is 0 Å². The zero-order chi connectivity index (χ0) is 19.3. The summed E-state index contributed by atoms with van der Waals surface area (Å²) in [7, 11) is 2.16. The van der Waals surface area contributed by atoms with Gasteiger partial charge in [0.25, 0.3) is 0 Å². The number of nitrogens with zero attached hydrogens (tertiary/aromatic N) is 4. The Morgan fingerprint density at radius 2 is 1.25 bits per heavy atom. The molecule has 0 atom stereocenters. The van der Waals surface area contributed by atoms with E-state index in [0.29, 0.717) is 0 Å². The Morgan fingerprint density at radius 1 is 0.714 bits per heavy atom. The van der Waals surface area contributed by atoms with Crippen molar-refractivity contribution in [2.45, 2.75) is 0 Å². The van der Waals surface area contributed by atoms with E-state index >= 15 is 0 Å². The van der Waals surface area contributed by atoms with Gasteiger partial charge in [-0.25, -0.2) is 4.79 Å². The van der Waals surface area contributed by atoms with Crippen molar-refractivity contribution in [1.29, 1.82) is 0 Å². The van der Waals surface area contributed by atoms with E-state index in [9.17, 15) is 4.79 Å². The first-order valence-corrected chi connectivity index (χ1v) is 10.1. The fourth-order valence-electron chi connectivity index (χ4n) is 3.83. The Hall–Kier alpha value is -2.73. The van der Waals surface area contributed by atoms with Crippen LogP contribution in [0.25, 0.3) is 0 Å². The number of hydrogen-bond acceptors (Lipinski definition) is 4. The molecule has 0 aliphatic carbocycles. The normalized spacial score (nSPS) is 18.2. The van der Waals surface area contributed by atoms with Gasteiger partial charge < -0.3 is 24.9 Å². The van der Waals surface area contributed by atoms with Crippen LogP contribution in [0, 0.1) is 0 Å². The van der Waals surface area contributed by atoms with Crippen LogP contribution in [0.3, 0.4) is 0 Å². The van der Waals surface area contributed by atoms with Gasteiger partial charge in [0.05, 0.1) is 0 Å². The van der Waals surface area contributed by atoms with Gasteiger partial charge in [-0.2, -0.15) is 0 Å². The second-order valence-corrected chi connectivity index (χ2v) is 7.58. The van der Waals surface area contributed by atoms with Crippen LogP contribution in [0.1, 0.15) is 0 Å². The summed E-state index contributed by atoms with van der Waals surface area (Å²) < 4.78 is 0. The minimum Gasteiger partial charge on any atom is -0.369 e. The highest BCUT2D eigenvalue weighted by Gasteiger charge is 2.21. The molecule has 2 fully saturated rings. The first-order valence-electron chi connectivity index (χ1n) is 10.1. The number of urea groups is 1. The third kappa shape index (κ3) is 4.39. The smallest absolute Gasteiger partial charge is 0.321 e. The molecule has 0 bridgehead atoms. The van der Waals surface area contributed by atoms with Gasteiger partial charge >= 0.3 is 6.03 Å². The molecule has 6 heteroatoms. The van der Waals surface area contributed by atoms with Gasteiger partial charge in [0, 0.05) is 69.4 Å². The number of amides is 2. The summed E-state index contributed by atoms with van der Waals surface area (Å²) in [6.07, 6.45) is 0. The Balaban J connectivity index is 1.28. The van der Waals surface area contributed by atoms with Gasteiger partial charge in [-0.05, 0) is 43.4 Å². The molecule has 2 saturated heterocycles. The average molecular weight is 380 g/mol. The van der Waals surface area contributed by atoms with Crippen molar-refractivity contribution in [3.63, 3.8) is 0 Å². The number of rotatable bonds is 3. The van der Waals surface area contributed by atoms with Gasteiger partial charge in [-0.3, -0.25) is 0 Å². The summed E-state index contributed by atoms with van der Waals surface area (Å²) in [5.41, 5.74) is 3.30. The maximum atomic E-state index is 12.6. The summed E-state index contributed by atoms with van der Waals surface area (Å²) in [5, 5.41) is 3.05. The number of benzene rings is 2. The van der Waals surface area contributed by atoms with Crippen LogP contribution in [0.4, 0.5) is 21.9 Å². The third-order valence-corrected chi connectivity index (χ3v) is 5.68. The topological polar surface area (TPSA) is 42.1 Å². The molecule has 0 unspecified atom stereocenters. The first kappa shape index (κ1) is 18.6. The predicted octanol–water partition coefficient (Wildman–Crippen LogP) is 2.79. The van der Waals surface area contributed by atoms with Crippen LogP contribution in [0.2, 0.25) is 0 Å². The molecular formula is C22H29N5O. The quantitative estimate of drug-likeness (QED) is 0.891. The van der Waals surface area contributed by atoms with Crippen molar-refractivity contribution in [2.24, 2.45) is 0 Å². The molecule has 6 nitrogen and oxygen atoms in total. The number of piperazine rings is 2. The molecule has 2 amide bonds. The second kappa shape index (κ2) is 8.52. The number of anilines is 3. The number of para-hydroxylation sites is 1. The number of likely N-dealkylation sites (N-methyl/N-ethyl adjacent to an activating group) is 1. The molecule has 2 aromatic carbocycles. The first-order chi connectivity index (χ1) is 13.7. The Morgan fingerprint density at radius 3 is 1.86 bits per heavy atom. The number of carbonyl (C=O) groups is 1. The minimum atomic E-state index is -0.0138. The van der Waals surface area contributed by atoms with Crippen molar-refractivity contribution in [3.8, 4) is 0 Å². The van der Waals surface area contributed by atoms with Crippen molar-refractivity contribution < 1.29 is 4.79 Å². The molecule has 148 valence electrons. The molecule has 0 aromatic heterocycles. The van der Waals surface area contributed by atoms with Crippen molar-refractivity contribution in [3.05, 3.63) is 54.6 Å². The van der Waals surface area contributed by atoms with E-state index in [-0.39, 0.29) is 6.03 Å². The number of nitrogens with one attached hydrogen (secondary N) is 1. The molecular weight excluding hydrogens is 350 g/mol. The highest BCUT2D eigenvalue weighted by atomic mass is 16.2. The molecule has 28 heavy (non-hydrogen) atoms. The maximum absolute atomic E-state index is 12.6. The fourth-order valence-corrected chi connectivity index (χ4v) is 3.83. The molecule has 0 spiro atoms. The SMILES string of the molecule is CN1CCN(c2ccc(NC(=O)N3CCN(c4ccccc4)CC3)cc2)CC1. The Bertz CT molecular complexity index is 763. The monoisotopic (exact) mass is 379 g/mol. The molecule has 0 radical (unpaired) electrons. The van der Waals surface area contributed by atoms with Gasteiger partial charge in [0.2, 0.25) is 0 Å². The lowest BCUT2D eigenvalue weighted by Gasteiger charge is -2.36. The van der Waals surface area contributed by atoms with E-state index in [1.54, 1.807) is 0 Å². The van der Waals surface area contributed by atoms with Crippen LogP contribution in [-0.2, 0) is 0 Å². The zero-order valence-electron chi connectivity index (χ0n) is 16.6. The Kier molecular flexibility index (Phi) is 5.67. The average Bonchev–Trinajstić information content (AvgIpc) is 2.76. The lowest BCUT2D eigenvalue weighted by Crippen LogP contribution is -2.50. The Labute approximate surface area is 167 Å². The molecule has 4 rings (SSSR count). The van der Waals surface area contributed by atoms with E-state index in [0.717, 1.165) is 58.0 Å². The largest absolute Gasteiger partial charge is 0.369 e. The maximum Gasteiger partial charge on any atom is 0.321 e. The number of hydrogen-bond donors (Lipinski definition) is 1. The van der Waals surface area contributed by atoms with Crippen LogP contribution in [-0.4, -0.2) is 75.2 Å². The summed E-state index contributed by atoms with van der Waals surface area (Å²) in [5.74, 6) is 0. The van der Waals surface area contributed by atoms with Crippen molar-refractivity contribution >= 4 is 23.1 Å². The predicted molar refractivity (Wildman–Crippen MR) is 115 cm³/mol. The summed E-state index contributed by atoms with van der Waals surface area (Å²) >= 11 is 0. The lowest BCUT2D eigenvalue weighted by molar-refractivity contribution is 0.208. The summed E-state index contributed by atoms with van der Waals surface area (Å²) in [4.78, 5) is 21.6. The zero-order valence-corrected chi connectivity index (χ0v) is 16.6. The third-order valence-electron chi connectivity index (χ3n) is 5.68. The van der Waals surface area contributed by atoms with E-state index in [1.165, 1.54) is 11.4 Å². The summed E-state index contributed by atoms with van der Waals surface area (Å²) in [6.45, 7) is 7.47.